The minimum absolute atomic E-state index is 0.118. The summed E-state index contributed by atoms with van der Waals surface area (Å²) in [5.41, 5.74) is 4.29. The van der Waals surface area contributed by atoms with Gasteiger partial charge >= 0.3 is 6.18 Å². The van der Waals surface area contributed by atoms with Crippen molar-refractivity contribution >= 4 is 0 Å². The summed E-state index contributed by atoms with van der Waals surface area (Å²) in [5.74, 6) is -0.118. The van der Waals surface area contributed by atoms with Crippen LogP contribution in [0.25, 0.3) is 11.1 Å². The standard InChI is InChI=1S/C23H25F3N2O2.C7H17N.C3H7N.C2H6/c1-15-6-8-18(28-15)12-22(30,23(24,25)26)14-21(2,3)19-11-16(7-9-20(19)29)17-5-4-10-27-13-17;1-3-5-6-7-8-4-2;1-3(2)4;1-2/h4-11,13,28-30H,12,14H2,1-3H3;8H,3-7H2,1-2H3;1,4H2,2H3;1-2H3. The molecular weight excluding hydrogens is 565 g/mol. The summed E-state index contributed by atoms with van der Waals surface area (Å²) in [7, 11) is 0. The number of rotatable bonds is 11. The van der Waals surface area contributed by atoms with E-state index in [0.29, 0.717) is 17.0 Å². The fourth-order valence-electron chi connectivity index (χ4n) is 4.54. The van der Waals surface area contributed by atoms with E-state index in [0.717, 1.165) is 23.4 Å². The first kappa shape index (κ1) is 40.7. The summed E-state index contributed by atoms with van der Waals surface area (Å²) in [6, 6.07) is 11.6. The Bertz CT molecular complexity index is 1200. The zero-order valence-electron chi connectivity index (χ0n) is 27.9. The van der Waals surface area contributed by atoms with Crippen molar-refractivity contribution in [1.82, 2.24) is 15.3 Å². The fraction of sp³-hybridized carbons (Fsp3) is 0.514. The predicted molar refractivity (Wildman–Crippen MR) is 178 cm³/mol. The smallest absolute Gasteiger partial charge is 0.417 e. The Morgan fingerprint density at radius 3 is 2.16 bits per heavy atom. The van der Waals surface area contributed by atoms with E-state index in [2.05, 4.69) is 35.7 Å². The average Bonchev–Trinajstić information content (AvgIpc) is 3.36. The number of aromatic nitrogens is 2. The molecule has 6 N–H and O–H groups in total. The Hall–Kier alpha value is -3.30. The third-order valence-electron chi connectivity index (χ3n) is 6.56. The quantitative estimate of drug-likeness (QED) is 0.138. The van der Waals surface area contributed by atoms with Gasteiger partial charge in [0.2, 0.25) is 0 Å². The predicted octanol–water partition coefficient (Wildman–Crippen LogP) is 8.59. The van der Waals surface area contributed by atoms with Gasteiger partial charge in [-0.2, -0.15) is 13.2 Å². The van der Waals surface area contributed by atoms with Crippen LogP contribution >= 0.6 is 0 Å². The van der Waals surface area contributed by atoms with Crippen LogP contribution < -0.4 is 11.1 Å². The molecule has 0 aliphatic carbocycles. The number of aromatic amines is 1. The van der Waals surface area contributed by atoms with E-state index in [1.165, 1.54) is 31.9 Å². The Labute approximate surface area is 263 Å². The molecule has 1 atom stereocenters. The minimum Gasteiger partial charge on any atom is -0.508 e. The van der Waals surface area contributed by atoms with Crippen LogP contribution in [-0.2, 0) is 11.8 Å². The Kier molecular flexibility index (Phi) is 18.4. The van der Waals surface area contributed by atoms with E-state index in [9.17, 15) is 23.4 Å². The molecule has 0 bridgehead atoms. The third-order valence-corrected chi connectivity index (χ3v) is 6.56. The van der Waals surface area contributed by atoms with Gasteiger partial charge in [-0.05, 0) is 86.8 Å². The van der Waals surface area contributed by atoms with Crippen molar-refractivity contribution in [2.45, 2.75) is 105 Å². The van der Waals surface area contributed by atoms with Crippen molar-refractivity contribution in [3.63, 3.8) is 0 Å². The number of halogens is 3. The number of pyridine rings is 1. The van der Waals surface area contributed by atoms with Gasteiger partial charge in [0.1, 0.15) is 5.75 Å². The summed E-state index contributed by atoms with van der Waals surface area (Å²) in [6.07, 6.45) is 1.23. The Balaban J connectivity index is 0.00000111. The summed E-state index contributed by atoms with van der Waals surface area (Å²) in [4.78, 5) is 6.92. The number of benzene rings is 1. The maximum absolute atomic E-state index is 14.0. The van der Waals surface area contributed by atoms with Crippen LogP contribution in [0.4, 0.5) is 13.2 Å². The largest absolute Gasteiger partial charge is 0.508 e. The van der Waals surface area contributed by atoms with Gasteiger partial charge in [0.05, 0.1) is 0 Å². The Morgan fingerprint density at radius 2 is 1.68 bits per heavy atom. The molecule has 2 aromatic heterocycles. The number of hydrogen-bond donors (Lipinski definition) is 5. The second kappa shape index (κ2) is 19.9. The molecule has 248 valence electrons. The highest BCUT2D eigenvalue weighted by Gasteiger charge is 2.56. The number of hydrogen-bond acceptors (Lipinski definition) is 5. The summed E-state index contributed by atoms with van der Waals surface area (Å²) < 4.78 is 41.9. The highest BCUT2D eigenvalue weighted by Crippen LogP contribution is 2.45. The van der Waals surface area contributed by atoms with Crippen LogP contribution in [0.5, 0.6) is 5.75 Å². The molecule has 0 aliphatic rings. The van der Waals surface area contributed by atoms with Crippen LogP contribution in [0.3, 0.4) is 0 Å². The zero-order valence-corrected chi connectivity index (χ0v) is 27.9. The van der Waals surface area contributed by atoms with E-state index in [4.69, 9.17) is 5.73 Å². The van der Waals surface area contributed by atoms with Gasteiger partial charge in [0.25, 0.3) is 0 Å². The summed E-state index contributed by atoms with van der Waals surface area (Å²) in [5, 5.41) is 24.5. The normalized spacial score (nSPS) is 12.4. The molecule has 3 rings (SSSR count). The number of H-pyrrole nitrogens is 1. The summed E-state index contributed by atoms with van der Waals surface area (Å²) >= 11 is 0. The molecular formula is C35H55F3N4O2. The SMILES string of the molecule is C=C(C)N.CC.CCCCCNCC.Cc1ccc(CC(O)(CC(C)(C)c2cc(-c3cccnc3)ccc2O)C(F)(F)F)[nH]1. The van der Waals surface area contributed by atoms with Gasteiger partial charge < -0.3 is 26.2 Å². The first-order chi connectivity index (χ1) is 20.6. The number of alkyl halides is 3. The number of aliphatic hydroxyl groups is 1. The van der Waals surface area contributed by atoms with E-state index in [-0.39, 0.29) is 5.75 Å². The van der Waals surface area contributed by atoms with Gasteiger partial charge in [-0.15, -0.1) is 0 Å². The third kappa shape index (κ3) is 14.4. The van der Waals surface area contributed by atoms with Crippen molar-refractivity contribution in [2.75, 3.05) is 13.1 Å². The first-order valence-corrected chi connectivity index (χ1v) is 15.4. The molecule has 6 nitrogen and oxygen atoms in total. The molecule has 1 aromatic carbocycles. The van der Waals surface area contributed by atoms with Crippen LogP contribution in [0.15, 0.2) is 67.1 Å². The second-order valence-electron chi connectivity index (χ2n) is 11.3. The van der Waals surface area contributed by atoms with Crippen molar-refractivity contribution in [1.29, 1.82) is 0 Å². The molecule has 9 heteroatoms. The van der Waals surface area contributed by atoms with Crippen molar-refractivity contribution < 1.29 is 23.4 Å². The number of nitrogens with one attached hydrogen (secondary N) is 2. The topological polar surface area (TPSA) is 107 Å². The molecule has 44 heavy (non-hydrogen) atoms. The first-order valence-electron chi connectivity index (χ1n) is 15.4. The van der Waals surface area contributed by atoms with Gasteiger partial charge in [-0.25, -0.2) is 0 Å². The van der Waals surface area contributed by atoms with E-state index in [1.807, 2.05) is 19.9 Å². The van der Waals surface area contributed by atoms with E-state index in [1.54, 1.807) is 70.4 Å². The highest BCUT2D eigenvalue weighted by molar-refractivity contribution is 5.65. The molecule has 0 spiro atoms. The molecule has 0 amide bonds. The van der Waals surface area contributed by atoms with Crippen molar-refractivity contribution in [3.05, 3.63) is 84.1 Å². The maximum Gasteiger partial charge on any atom is 0.417 e. The molecule has 2 heterocycles. The highest BCUT2D eigenvalue weighted by atomic mass is 19.4. The van der Waals surface area contributed by atoms with Gasteiger partial charge in [0, 0.05) is 41.3 Å². The fourth-order valence-corrected chi connectivity index (χ4v) is 4.54. The molecule has 0 saturated heterocycles. The number of unbranched alkanes of at least 4 members (excludes halogenated alkanes) is 2. The molecule has 3 aromatic rings. The molecule has 0 aliphatic heterocycles. The van der Waals surface area contributed by atoms with E-state index < -0.39 is 30.0 Å². The maximum atomic E-state index is 14.0. The van der Waals surface area contributed by atoms with Crippen LogP contribution in [0.2, 0.25) is 0 Å². The number of nitrogens with two attached hydrogens (primary N) is 1. The summed E-state index contributed by atoms with van der Waals surface area (Å²) in [6.45, 7) is 20.7. The van der Waals surface area contributed by atoms with E-state index >= 15 is 0 Å². The number of phenols is 1. The van der Waals surface area contributed by atoms with Gasteiger partial charge in [-0.3, -0.25) is 4.98 Å². The number of aromatic hydroxyl groups is 1. The average molecular weight is 621 g/mol. The minimum atomic E-state index is -4.85. The molecule has 0 radical (unpaired) electrons. The van der Waals surface area contributed by atoms with Gasteiger partial charge in [0.15, 0.2) is 5.60 Å². The molecule has 1 unspecified atom stereocenters. The number of allylic oxidation sites excluding steroid dienone is 1. The van der Waals surface area contributed by atoms with Crippen LogP contribution in [0.1, 0.15) is 91.1 Å². The number of phenolic OH excluding ortho intramolecular Hbond substituents is 1. The zero-order chi connectivity index (χ0) is 34.0. The Morgan fingerprint density at radius 1 is 1.05 bits per heavy atom. The van der Waals surface area contributed by atoms with Crippen molar-refractivity contribution in [3.8, 4) is 16.9 Å². The lowest BCUT2D eigenvalue weighted by molar-refractivity contribution is -0.266. The molecule has 0 saturated carbocycles. The van der Waals surface area contributed by atoms with Crippen LogP contribution in [-0.4, -0.2) is 45.0 Å². The number of aryl methyl sites for hydroxylation is 1. The lowest BCUT2D eigenvalue weighted by Gasteiger charge is -2.38. The molecule has 0 fully saturated rings. The number of nitrogens with zero attached hydrogens (tertiary/aromatic N) is 1. The lowest BCUT2D eigenvalue weighted by atomic mass is 9.72. The van der Waals surface area contributed by atoms with Crippen LogP contribution in [0, 0.1) is 6.92 Å². The van der Waals surface area contributed by atoms with Gasteiger partial charge in [-0.1, -0.05) is 73.1 Å². The van der Waals surface area contributed by atoms with Crippen molar-refractivity contribution in [2.24, 2.45) is 5.73 Å². The second-order valence-corrected chi connectivity index (χ2v) is 11.3. The lowest BCUT2D eigenvalue weighted by Crippen LogP contribution is -2.50. The monoisotopic (exact) mass is 620 g/mol.